The van der Waals surface area contributed by atoms with Gasteiger partial charge in [-0.25, -0.2) is 4.98 Å². The molecule has 148 valence electrons. The number of halogens is 1. The Morgan fingerprint density at radius 2 is 1.93 bits per heavy atom. The smallest absolute Gasteiger partial charge is 0.272 e. The van der Waals surface area contributed by atoms with Crippen LogP contribution in [0.4, 0.5) is 0 Å². The lowest BCUT2D eigenvalue weighted by Gasteiger charge is -2.31. The molecule has 1 saturated heterocycles. The van der Waals surface area contributed by atoms with Crippen molar-refractivity contribution in [1.82, 2.24) is 15.2 Å². The first-order valence-electron chi connectivity index (χ1n) is 9.75. The molecule has 1 N–H and O–H groups in total. The molecule has 1 fully saturated rings. The summed E-state index contributed by atoms with van der Waals surface area (Å²) >= 11 is 5.96. The maximum absolute atomic E-state index is 12.6. The molecule has 1 aliphatic heterocycles. The Bertz CT molecular complexity index is 832. The number of hydrogen-bond acceptors (Lipinski definition) is 3. The SMILES string of the molecule is Cc1cccc(C(=O)N2CCC(CCC(=O)NCc3cccc(Cl)c3)CC2)n1. The number of carbonyl (C=O) groups is 2. The second-order valence-corrected chi connectivity index (χ2v) is 7.78. The predicted octanol–water partition coefficient (Wildman–Crippen LogP) is 3.99. The highest BCUT2D eigenvalue weighted by Gasteiger charge is 2.24. The van der Waals surface area contributed by atoms with E-state index in [1.807, 2.05) is 48.2 Å². The zero-order chi connectivity index (χ0) is 19.9. The van der Waals surface area contributed by atoms with Crippen molar-refractivity contribution in [2.24, 2.45) is 5.92 Å². The summed E-state index contributed by atoms with van der Waals surface area (Å²) in [7, 11) is 0. The van der Waals surface area contributed by atoms with Crippen molar-refractivity contribution in [3.63, 3.8) is 0 Å². The van der Waals surface area contributed by atoms with Crippen LogP contribution in [0.5, 0.6) is 0 Å². The van der Waals surface area contributed by atoms with E-state index < -0.39 is 0 Å². The molecule has 0 radical (unpaired) electrons. The van der Waals surface area contributed by atoms with Gasteiger partial charge in [-0.15, -0.1) is 0 Å². The average Bonchev–Trinajstić information content (AvgIpc) is 2.70. The van der Waals surface area contributed by atoms with Crippen LogP contribution in [0.2, 0.25) is 5.02 Å². The van der Waals surface area contributed by atoms with Gasteiger partial charge in [-0.05, 0) is 61.9 Å². The quantitative estimate of drug-likeness (QED) is 0.798. The van der Waals surface area contributed by atoms with Crippen molar-refractivity contribution in [3.8, 4) is 0 Å². The Morgan fingerprint density at radius 3 is 2.64 bits per heavy atom. The van der Waals surface area contributed by atoms with Crippen LogP contribution < -0.4 is 5.32 Å². The third kappa shape index (κ3) is 5.80. The topological polar surface area (TPSA) is 62.3 Å². The first-order valence-corrected chi connectivity index (χ1v) is 10.1. The fraction of sp³-hybridized carbons (Fsp3) is 0.409. The number of benzene rings is 1. The molecule has 5 nitrogen and oxygen atoms in total. The van der Waals surface area contributed by atoms with Gasteiger partial charge >= 0.3 is 0 Å². The van der Waals surface area contributed by atoms with Gasteiger partial charge in [-0.1, -0.05) is 29.8 Å². The molecule has 28 heavy (non-hydrogen) atoms. The second-order valence-electron chi connectivity index (χ2n) is 7.35. The van der Waals surface area contributed by atoms with Gasteiger partial charge < -0.3 is 10.2 Å². The maximum atomic E-state index is 12.6. The van der Waals surface area contributed by atoms with E-state index in [-0.39, 0.29) is 11.8 Å². The Kier molecular flexibility index (Phi) is 7.04. The summed E-state index contributed by atoms with van der Waals surface area (Å²) < 4.78 is 0. The van der Waals surface area contributed by atoms with Crippen molar-refractivity contribution in [3.05, 3.63) is 64.4 Å². The highest BCUT2D eigenvalue weighted by atomic mass is 35.5. The summed E-state index contributed by atoms with van der Waals surface area (Å²) in [6.45, 7) is 3.84. The number of carbonyl (C=O) groups excluding carboxylic acids is 2. The summed E-state index contributed by atoms with van der Waals surface area (Å²) in [5.74, 6) is 0.537. The van der Waals surface area contributed by atoms with Crippen LogP contribution in [0.1, 0.15) is 47.4 Å². The molecule has 3 rings (SSSR count). The number of piperidine rings is 1. The van der Waals surface area contributed by atoms with E-state index in [1.54, 1.807) is 6.07 Å². The van der Waals surface area contributed by atoms with E-state index in [2.05, 4.69) is 10.3 Å². The van der Waals surface area contributed by atoms with Gasteiger partial charge in [0.1, 0.15) is 5.69 Å². The molecule has 0 unspecified atom stereocenters. The van der Waals surface area contributed by atoms with Gasteiger partial charge in [0.05, 0.1) is 0 Å². The third-order valence-corrected chi connectivity index (χ3v) is 5.40. The molecule has 0 saturated carbocycles. The number of aryl methyl sites for hydroxylation is 1. The molecule has 1 aliphatic rings. The molecule has 1 aromatic carbocycles. The molecule has 1 aromatic heterocycles. The van der Waals surface area contributed by atoms with Crippen molar-refractivity contribution < 1.29 is 9.59 Å². The van der Waals surface area contributed by atoms with Crippen LogP contribution in [-0.4, -0.2) is 34.8 Å². The summed E-state index contributed by atoms with van der Waals surface area (Å²) in [6, 6.07) is 13.0. The molecular weight excluding hydrogens is 374 g/mol. The molecule has 0 atom stereocenters. The molecule has 0 bridgehead atoms. The Morgan fingerprint density at radius 1 is 1.18 bits per heavy atom. The van der Waals surface area contributed by atoms with E-state index in [1.165, 1.54) is 0 Å². The number of hydrogen-bond donors (Lipinski definition) is 1. The molecule has 6 heteroatoms. The van der Waals surface area contributed by atoms with E-state index in [4.69, 9.17) is 11.6 Å². The maximum Gasteiger partial charge on any atom is 0.272 e. The molecule has 0 spiro atoms. The fourth-order valence-corrected chi connectivity index (χ4v) is 3.73. The fourth-order valence-electron chi connectivity index (χ4n) is 3.52. The van der Waals surface area contributed by atoms with Crippen LogP contribution in [0.3, 0.4) is 0 Å². The molecule has 2 heterocycles. The number of amides is 2. The number of aromatic nitrogens is 1. The predicted molar refractivity (Wildman–Crippen MR) is 110 cm³/mol. The Labute approximate surface area is 171 Å². The van der Waals surface area contributed by atoms with Crippen molar-refractivity contribution in [2.75, 3.05) is 13.1 Å². The lowest BCUT2D eigenvalue weighted by atomic mass is 9.92. The largest absolute Gasteiger partial charge is 0.352 e. The van der Waals surface area contributed by atoms with Crippen LogP contribution in [0.25, 0.3) is 0 Å². The van der Waals surface area contributed by atoms with Gasteiger partial charge in [0.25, 0.3) is 5.91 Å². The summed E-state index contributed by atoms with van der Waals surface area (Å²) in [4.78, 5) is 30.9. The lowest BCUT2D eigenvalue weighted by Crippen LogP contribution is -2.39. The number of nitrogens with one attached hydrogen (secondary N) is 1. The van der Waals surface area contributed by atoms with Gasteiger partial charge in [-0.3, -0.25) is 9.59 Å². The standard InChI is InChI=1S/C22H26ClN3O2/c1-16-4-2-7-20(25-16)22(28)26-12-10-17(11-13-26)8-9-21(27)24-15-18-5-3-6-19(23)14-18/h2-7,14,17H,8-13,15H2,1H3,(H,24,27). The van der Waals surface area contributed by atoms with Crippen LogP contribution in [-0.2, 0) is 11.3 Å². The molecule has 2 aromatic rings. The van der Waals surface area contributed by atoms with Gasteiger partial charge in [0.15, 0.2) is 0 Å². The van der Waals surface area contributed by atoms with Crippen LogP contribution >= 0.6 is 11.6 Å². The highest BCUT2D eigenvalue weighted by molar-refractivity contribution is 6.30. The van der Waals surface area contributed by atoms with Crippen LogP contribution in [0.15, 0.2) is 42.5 Å². The number of pyridine rings is 1. The summed E-state index contributed by atoms with van der Waals surface area (Å²) in [6.07, 6.45) is 3.23. The minimum absolute atomic E-state index is 0.00131. The molecule has 2 amide bonds. The average molecular weight is 400 g/mol. The highest BCUT2D eigenvalue weighted by Crippen LogP contribution is 2.23. The number of likely N-dealkylation sites (tertiary alicyclic amines) is 1. The van der Waals surface area contributed by atoms with Crippen molar-refractivity contribution >= 4 is 23.4 Å². The second kappa shape index (κ2) is 9.69. The summed E-state index contributed by atoms with van der Waals surface area (Å²) in [5, 5.41) is 3.62. The van der Waals surface area contributed by atoms with E-state index in [0.29, 0.717) is 29.6 Å². The monoisotopic (exact) mass is 399 g/mol. The Balaban J connectivity index is 1.38. The third-order valence-electron chi connectivity index (χ3n) is 5.17. The lowest BCUT2D eigenvalue weighted by molar-refractivity contribution is -0.121. The first-order chi connectivity index (χ1) is 13.5. The zero-order valence-electron chi connectivity index (χ0n) is 16.2. The van der Waals surface area contributed by atoms with Gasteiger partial charge in [-0.2, -0.15) is 0 Å². The zero-order valence-corrected chi connectivity index (χ0v) is 16.9. The first kappa shape index (κ1) is 20.3. The summed E-state index contributed by atoms with van der Waals surface area (Å²) in [5.41, 5.74) is 2.36. The number of nitrogens with zero attached hydrogens (tertiary/aromatic N) is 2. The van der Waals surface area contributed by atoms with Crippen molar-refractivity contribution in [2.45, 2.75) is 39.2 Å². The molecular formula is C22H26ClN3O2. The van der Waals surface area contributed by atoms with Crippen LogP contribution in [0, 0.1) is 12.8 Å². The van der Waals surface area contributed by atoms with Gasteiger partial charge in [0, 0.05) is 36.8 Å². The van der Waals surface area contributed by atoms with E-state index in [9.17, 15) is 9.59 Å². The Hall–Kier alpha value is -2.40. The minimum atomic E-state index is 0.00131. The van der Waals surface area contributed by atoms with E-state index >= 15 is 0 Å². The normalized spacial score (nSPS) is 14.7. The number of rotatable bonds is 6. The molecule has 0 aliphatic carbocycles. The van der Waals surface area contributed by atoms with E-state index in [0.717, 1.165) is 43.6 Å². The minimum Gasteiger partial charge on any atom is -0.352 e. The van der Waals surface area contributed by atoms with Crippen molar-refractivity contribution in [1.29, 1.82) is 0 Å². The van der Waals surface area contributed by atoms with Gasteiger partial charge in [0.2, 0.25) is 5.91 Å².